The molecule has 2 aromatic carbocycles. The summed E-state index contributed by atoms with van der Waals surface area (Å²) < 4.78 is 50.4. The van der Waals surface area contributed by atoms with Crippen molar-refractivity contribution in [3.8, 4) is 5.75 Å². The van der Waals surface area contributed by atoms with E-state index in [0.717, 1.165) is 11.1 Å². The molecule has 2 aromatic rings. The Morgan fingerprint density at radius 3 is 2.11 bits per heavy atom. The van der Waals surface area contributed by atoms with Crippen molar-refractivity contribution < 1.29 is 85.8 Å². The van der Waals surface area contributed by atoms with Crippen LogP contribution in [0.2, 0.25) is 5.02 Å². The largest absolute Gasteiger partial charge is 0.495 e. The molecule has 3 heterocycles. The van der Waals surface area contributed by atoms with Crippen LogP contribution in [-0.4, -0.2) is 150 Å². The van der Waals surface area contributed by atoms with Crippen LogP contribution in [0.3, 0.4) is 0 Å². The number of hydrogen-bond acceptors (Lipinski definition) is 18. The highest BCUT2D eigenvalue weighted by Crippen LogP contribution is 2.45. The van der Waals surface area contributed by atoms with Crippen molar-refractivity contribution >= 4 is 59.2 Å². The van der Waals surface area contributed by atoms with Gasteiger partial charge in [-0.3, -0.25) is 24.0 Å². The summed E-state index contributed by atoms with van der Waals surface area (Å²) in [6.45, 7) is 10.9. The fraction of sp³-hybridized carbons (Fsp3) is 0.585. The first-order valence-electron chi connectivity index (χ1n) is 25.4. The second kappa shape index (κ2) is 30.5. The van der Waals surface area contributed by atoms with Gasteiger partial charge in [-0.25, -0.2) is 14.4 Å². The van der Waals surface area contributed by atoms with Gasteiger partial charge >= 0.3 is 24.0 Å². The number of methoxy groups -OCH3 is 1. The summed E-state index contributed by atoms with van der Waals surface area (Å²) in [5.74, 6) is -4.34. The molecule has 76 heavy (non-hydrogen) atoms. The molecule has 0 radical (unpaired) electrons. The highest BCUT2D eigenvalue weighted by atomic mass is 35.5. The molecule has 22 nitrogen and oxygen atoms in total. The maximum absolute atomic E-state index is 13.9. The van der Waals surface area contributed by atoms with Gasteiger partial charge in [-0.1, -0.05) is 68.8 Å². The molecule has 5 rings (SSSR count). The number of nitrogens with one attached hydrogen (secondary N) is 3. The molecule has 6 atom stereocenters. The Hall–Kier alpha value is -6.17. The van der Waals surface area contributed by atoms with Gasteiger partial charge in [0.05, 0.1) is 82.9 Å². The number of alkyl carbamates (subject to hydrolysis) is 1. The maximum atomic E-state index is 13.9. The number of amides is 5. The second-order valence-corrected chi connectivity index (χ2v) is 19.7. The molecule has 2 fully saturated rings. The number of epoxide rings is 1. The van der Waals surface area contributed by atoms with Crippen LogP contribution in [-0.2, 0) is 89.3 Å². The smallest absolute Gasteiger partial charge is 0.407 e. The SMILES string of the molecule is COc1ccc(C[C@H]2NC(=O)/C=C/C[C@@H]([C@H](C)[C@H]3O[C@H]3c3ccc(COC(=O)NCCOCCOCCOCCOCCC(=O)ON4C(=O)CCC4=O)cc3)OC(=O)[C@H](CC(C)C)OC(=O)C(C)(C)CNC2=O)cc1Cl. The number of cyclic esters (lactones) is 2. The topological polar surface area (TPSA) is 271 Å². The van der Waals surface area contributed by atoms with E-state index >= 15 is 0 Å². The highest BCUT2D eigenvalue weighted by Gasteiger charge is 2.48. The molecule has 5 amide bonds. The van der Waals surface area contributed by atoms with Crippen molar-refractivity contribution in [2.45, 2.75) is 110 Å². The van der Waals surface area contributed by atoms with Crippen LogP contribution < -0.4 is 20.7 Å². The fourth-order valence-corrected chi connectivity index (χ4v) is 8.05. The lowest BCUT2D eigenvalue weighted by molar-refractivity contribution is -0.198. The van der Waals surface area contributed by atoms with Crippen LogP contribution in [0.25, 0.3) is 0 Å². The second-order valence-electron chi connectivity index (χ2n) is 19.3. The average molecular weight is 1090 g/mol. The number of nitrogens with zero attached hydrogens (tertiary/aromatic N) is 1. The van der Waals surface area contributed by atoms with Gasteiger partial charge in [0.15, 0.2) is 6.10 Å². The molecule has 3 aliphatic heterocycles. The Bertz CT molecular complexity index is 2310. The Morgan fingerprint density at radius 2 is 1.47 bits per heavy atom. The van der Waals surface area contributed by atoms with Crippen LogP contribution in [0.5, 0.6) is 5.75 Å². The van der Waals surface area contributed by atoms with Crippen molar-refractivity contribution in [3.63, 3.8) is 0 Å². The third-order valence-corrected chi connectivity index (χ3v) is 12.5. The van der Waals surface area contributed by atoms with E-state index < -0.39 is 77.2 Å². The molecule has 0 aliphatic carbocycles. The zero-order valence-electron chi connectivity index (χ0n) is 43.9. The summed E-state index contributed by atoms with van der Waals surface area (Å²) in [6.07, 6.45) is -0.207. The van der Waals surface area contributed by atoms with Gasteiger partial charge in [0.25, 0.3) is 11.8 Å². The first-order valence-corrected chi connectivity index (χ1v) is 25.7. The van der Waals surface area contributed by atoms with Crippen LogP contribution in [0.15, 0.2) is 54.6 Å². The van der Waals surface area contributed by atoms with Gasteiger partial charge in [-0.2, -0.15) is 0 Å². The minimum absolute atomic E-state index is 0.0126. The van der Waals surface area contributed by atoms with E-state index in [1.54, 1.807) is 38.1 Å². The molecule has 2 saturated heterocycles. The molecular weight excluding hydrogens is 1020 g/mol. The molecule has 0 unspecified atom stereocenters. The third-order valence-electron chi connectivity index (χ3n) is 12.2. The lowest BCUT2D eigenvalue weighted by Crippen LogP contribution is -2.51. The van der Waals surface area contributed by atoms with Gasteiger partial charge in [-0.15, -0.1) is 5.06 Å². The Labute approximate surface area is 447 Å². The summed E-state index contributed by atoms with van der Waals surface area (Å²) in [6, 6.07) is 11.4. The van der Waals surface area contributed by atoms with E-state index in [-0.39, 0.29) is 103 Å². The zero-order valence-corrected chi connectivity index (χ0v) is 44.7. The molecule has 3 N–H and O–H groups in total. The number of carbonyl (C=O) groups is 8. The maximum Gasteiger partial charge on any atom is 0.407 e. The van der Waals surface area contributed by atoms with E-state index in [4.69, 9.17) is 59.1 Å². The Kier molecular flexibility index (Phi) is 24.4. The van der Waals surface area contributed by atoms with E-state index in [1.807, 2.05) is 45.0 Å². The van der Waals surface area contributed by atoms with Crippen LogP contribution in [0.1, 0.15) is 89.5 Å². The number of rotatable bonds is 26. The Morgan fingerprint density at radius 1 is 0.842 bits per heavy atom. The number of benzene rings is 2. The van der Waals surface area contributed by atoms with Gasteiger partial charge in [0.1, 0.15) is 30.6 Å². The molecular formula is C53H71ClN4O18. The van der Waals surface area contributed by atoms with Crippen molar-refractivity contribution in [1.29, 1.82) is 0 Å². The number of imide groups is 1. The monoisotopic (exact) mass is 1090 g/mol. The standard InChI is InChI=1S/C53H71ClN4O18/c1-33(2)28-42-50(64)73-40(8-7-9-43(59)57-39(30-36-12-15-41(67-6)38(54)29-36)49(63)56-32-53(4,5)51(65)74-42)34(3)47-48(75-47)37-13-10-35(11-14-37)31-72-52(66)55-19-21-69-23-25-71-27-26-70-24-22-68-20-18-46(62)76-58-44(60)16-17-45(58)61/h7,9-15,29,33-34,39-40,42,47-48H,8,16-28,30-32H2,1-6H3,(H,55,66)(H,56,63)(H,57,59)/b9-7+/t34-,39+,40-,42-,47+,48-/m0/s1. The van der Waals surface area contributed by atoms with E-state index in [0.29, 0.717) is 47.8 Å². The summed E-state index contributed by atoms with van der Waals surface area (Å²) in [5, 5.41) is 9.00. The number of hydroxylamine groups is 2. The molecule has 0 aromatic heterocycles. The minimum Gasteiger partial charge on any atom is -0.495 e. The van der Waals surface area contributed by atoms with Gasteiger partial charge in [0.2, 0.25) is 11.8 Å². The molecule has 0 spiro atoms. The summed E-state index contributed by atoms with van der Waals surface area (Å²) >= 11 is 6.36. The van der Waals surface area contributed by atoms with Gasteiger partial charge in [0, 0.05) is 44.7 Å². The van der Waals surface area contributed by atoms with Crippen molar-refractivity contribution in [2.75, 3.05) is 73.1 Å². The number of hydrogen-bond donors (Lipinski definition) is 3. The number of esters is 2. The van der Waals surface area contributed by atoms with Crippen LogP contribution >= 0.6 is 11.6 Å². The first-order chi connectivity index (χ1) is 36.3. The molecule has 3 aliphatic rings. The normalized spacial score (nSPS) is 22.0. The van der Waals surface area contributed by atoms with Gasteiger partial charge in [-0.05, 0) is 61.1 Å². The van der Waals surface area contributed by atoms with Crippen LogP contribution in [0, 0.1) is 17.3 Å². The fourth-order valence-electron chi connectivity index (χ4n) is 7.77. The quantitative estimate of drug-likeness (QED) is 0.0387. The van der Waals surface area contributed by atoms with E-state index in [1.165, 1.54) is 13.2 Å². The van der Waals surface area contributed by atoms with E-state index in [9.17, 15) is 38.4 Å². The summed E-state index contributed by atoms with van der Waals surface area (Å²) in [7, 11) is 1.49. The molecule has 0 saturated carbocycles. The predicted octanol–water partition coefficient (Wildman–Crippen LogP) is 4.41. The number of halogens is 1. The zero-order chi connectivity index (χ0) is 55.2. The number of ether oxygens (including phenoxy) is 9. The molecule has 23 heteroatoms. The Balaban J connectivity index is 1.02. The predicted molar refractivity (Wildman–Crippen MR) is 270 cm³/mol. The molecule has 418 valence electrons. The lowest BCUT2D eigenvalue weighted by Gasteiger charge is -2.29. The summed E-state index contributed by atoms with van der Waals surface area (Å²) in [5.41, 5.74) is 0.979. The number of carbonyl (C=O) groups excluding carboxylic acids is 8. The first kappa shape index (κ1) is 60.7. The van der Waals surface area contributed by atoms with Crippen LogP contribution in [0.4, 0.5) is 4.79 Å². The van der Waals surface area contributed by atoms with Crippen molar-refractivity contribution in [1.82, 2.24) is 21.0 Å². The third kappa shape index (κ3) is 20.1. The van der Waals surface area contributed by atoms with Gasteiger partial charge < -0.3 is 63.4 Å². The van der Waals surface area contributed by atoms with Crippen molar-refractivity contribution in [2.24, 2.45) is 17.3 Å². The average Bonchev–Trinajstić information content (AvgIpc) is 4.13. The highest BCUT2D eigenvalue weighted by molar-refractivity contribution is 6.32. The lowest BCUT2D eigenvalue weighted by atomic mass is 9.92. The van der Waals surface area contributed by atoms with E-state index in [2.05, 4.69) is 16.0 Å². The summed E-state index contributed by atoms with van der Waals surface area (Å²) in [4.78, 5) is 106. The van der Waals surface area contributed by atoms with Crippen molar-refractivity contribution in [3.05, 3.63) is 76.3 Å². The molecule has 0 bridgehead atoms. The minimum atomic E-state index is -1.26.